The monoisotopic (exact) mass is 344 g/mol. The van der Waals surface area contributed by atoms with Crippen molar-refractivity contribution in [3.8, 4) is 0 Å². The minimum absolute atomic E-state index is 0.0356. The number of thiophene rings is 1. The Hall–Kier alpha value is -2.18. The zero-order valence-electron chi connectivity index (χ0n) is 13.6. The van der Waals surface area contributed by atoms with Crippen LogP contribution >= 0.6 is 11.3 Å². The Bertz CT molecular complexity index is 744. The third-order valence-electron chi connectivity index (χ3n) is 4.33. The maximum Gasteiger partial charge on any atom is 0.264 e. The topological polar surface area (TPSA) is 72.6 Å². The second-order valence-corrected chi connectivity index (χ2v) is 6.94. The summed E-state index contributed by atoms with van der Waals surface area (Å²) in [6, 6.07) is 11.3. The number of nitrogens with zero attached hydrogens (tertiary/aromatic N) is 1. The van der Waals surface area contributed by atoms with Gasteiger partial charge in [-0.25, -0.2) is 0 Å². The highest BCUT2D eigenvalue weighted by Gasteiger charge is 2.37. The van der Waals surface area contributed by atoms with E-state index < -0.39 is 5.91 Å². The lowest BCUT2D eigenvalue weighted by Crippen LogP contribution is -2.53. The van der Waals surface area contributed by atoms with Gasteiger partial charge in [-0.15, -0.1) is 11.3 Å². The average molecular weight is 344 g/mol. The Kier molecular flexibility index (Phi) is 4.69. The fraction of sp³-hybridized carbons (Fsp3) is 0.333. The third kappa shape index (κ3) is 3.07. The van der Waals surface area contributed by atoms with Gasteiger partial charge in [-0.1, -0.05) is 30.3 Å². The van der Waals surface area contributed by atoms with Gasteiger partial charge in [0.15, 0.2) is 0 Å². The molecule has 2 N–H and O–H groups in total. The molecule has 1 saturated heterocycles. The summed E-state index contributed by atoms with van der Waals surface area (Å²) in [6.07, 6.45) is -0.165. The lowest BCUT2D eigenvalue weighted by atomic mass is 9.98. The van der Waals surface area contributed by atoms with Gasteiger partial charge < -0.3 is 15.4 Å². The second-order valence-electron chi connectivity index (χ2n) is 6.03. The van der Waals surface area contributed by atoms with E-state index in [2.05, 4.69) is 0 Å². The fourth-order valence-corrected chi connectivity index (χ4v) is 3.96. The van der Waals surface area contributed by atoms with Crippen LogP contribution in [-0.2, 0) is 4.74 Å². The molecule has 1 aromatic heterocycles. The van der Waals surface area contributed by atoms with Crippen molar-refractivity contribution in [2.75, 3.05) is 6.61 Å². The van der Waals surface area contributed by atoms with Crippen molar-refractivity contribution in [2.45, 2.75) is 32.0 Å². The number of amides is 2. The first-order valence-electron chi connectivity index (χ1n) is 7.86. The van der Waals surface area contributed by atoms with E-state index in [1.807, 2.05) is 49.1 Å². The lowest BCUT2D eigenvalue weighted by molar-refractivity contribution is -0.0804. The minimum atomic E-state index is -0.518. The van der Waals surface area contributed by atoms with Crippen molar-refractivity contribution in [1.29, 1.82) is 0 Å². The molecule has 24 heavy (non-hydrogen) atoms. The standard InChI is InChI=1S/C18H20N2O3S/c1-11-9-23-16(13-6-4-3-5-7-13)12(2)20(11)18(22)15-8-14(10-24-15)17(19)21/h3-8,10-12,16H,9H2,1-2H3,(H2,19,21). The molecule has 2 amide bonds. The molecule has 0 radical (unpaired) electrons. The van der Waals surface area contributed by atoms with Gasteiger partial charge >= 0.3 is 0 Å². The highest BCUT2D eigenvalue weighted by Crippen LogP contribution is 2.32. The number of rotatable bonds is 3. The molecule has 2 aromatic rings. The van der Waals surface area contributed by atoms with Crippen LogP contribution in [0.4, 0.5) is 0 Å². The minimum Gasteiger partial charge on any atom is -0.369 e. The van der Waals surface area contributed by atoms with Gasteiger partial charge in [-0.2, -0.15) is 0 Å². The third-order valence-corrected chi connectivity index (χ3v) is 5.24. The molecule has 126 valence electrons. The number of carbonyl (C=O) groups is 2. The molecular weight excluding hydrogens is 324 g/mol. The Morgan fingerprint density at radius 3 is 2.58 bits per heavy atom. The van der Waals surface area contributed by atoms with Gasteiger partial charge in [-0.3, -0.25) is 9.59 Å². The lowest BCUT2D eigenvalue weighted by Gasteiger charge is -2.43. The number of benzene rings is 1. The molecule has 0 aliphatic carbocycles. The van der Waals surface area contributed by atoms with Crippen LogP contribution in [0.3, 0.4) is 0 Å². The molecule has 1 aromatic carbocycles. The molecule has 0 saturated carbocycles. The number of ether oxygens (including phenoxy) is 1. The van der Waals surface area contributed by atoms with Crippen LogP contribution < -0.4 is 5.73 Å². The molecule has 0 bridgehead atoms. The molecule has 2 heterocycles. The van der Waals surface area contributed by atoms with Crippen molar-refractivity contribution in [2.24, 2.45) is 5.73 Å². The van der Waals surface area contributed by atoms with Crippen LogP contribution in [0, 0.1) is 0 Å². The molecule has 3 atom stereocenters. The van der Waals surface area contributed by atoms with Crippen LogP contribution in [0.15, 0.2) is 41.8 Å². The van der Waals surface area contributed by atoms with E-state index in [9.17, 15) is 9.59 Å². The highest BCUT2D eigenvalue weighted by molar-refractivity contribution is 7.12. The summed E-state index contributed by atoms with van der Waals surface area (Å²) in [5.41, 5.74) is 6.71. The van der Waals surface area contributed by atoms with E-state index in [1.165, 1.54) is 11.3 Å². The van der Waals surface area contributed by atoms with Gasteiger partial charge in [0.2, 0.25) is 5.91 Å². The quantitative estimate of drug-likeness (QED) is 0.930. The van der Waals surface area contributed by atoms with Crippen molar-refractivity contribution in [3.05, 3.63) is 57.8 Å². The number of hydrogen-bond acceptors (Lipinski definition) is 4. The molecule has 1 fully saturated rings. The number of carbonyl (C=O) groups excluding carboxylic acids is 2. The summed E-state index contributed by atoms with van der Waals surface area (Å²) >= 11 is 1.25. The van der Waals surface area contributed by atoms with Crippen LogP contribution in [0.1, 0.15) is 45.5 Å². The van der Waals surface area contributed by atoms with Crippen LogP contribution in [0.2, 0.25) is 0 Å². The van der Waals surface area contributed by atoms with Crippen molar-refractivity contribution in [1.82, 2.24) is 4.90 Å². The largest absolute Gasteiger partial charge is 0.369 e. The van der Waals surface area contributed by atoms with Crippen LogP contribution in [0.5, 0.6) is 0 Å². The smallest absolute Gasteiger partial charge is 0.264 e. The zero-order valence-corrected chi connectivity index (χ0v) is 14.5. The predicted octanol–water partition coefficient (Wildman–Crippen LogP) is 2.84. The molecule has 5 nitrogen and oxygen atoms in total. The van der Waals surface area contributed by atoms with Gasteiger partial charge in [0.1, 0.15) is 6.10 Å². The molecule has 3 unspecified atom stereocenters. The van der Waals surface area contributed by atoms with Crippen molar-refractivity contribution < 1.29 is 14.3 Å². The number of hydrogen-bond donors (Lipinski definition) is 1. The Balaban J connectivity index is 1.86. The van der Waals surface area contributed by atoms with Crippen LogP contribution in [0.25, 0.3) is 0 Å². The molecule has 3 rings (SSSR count). The first-order valence-corrected chi connectivity index (χ1v) is 8.74. The molecule has 0 spiro atoms. The summed E-state index contributed by atoms with van der Waals surface area (Å²) in [5, 5.41) is 1.63. The maximum absolute atomic E-state index is 13.0. The highest BCUT2D eigenvalue weighted by atomic mass is 32.1. The molecule has 1 aliphatic rings. The van der Waals surface area contributed by atoms with Crippen LogP contribution in [-0.4, -0.2) is 35.4 Å². The average Bonchev–Trinajstić information content (AvgIpc) is 3.06. The molecule has 1 aliphatic heterocycles. The SMILES string of the molecule is CC1COC(c2ccccc2)C(C)N1C(=O)c1cc(C(N)=O)cs1. The Morgan fingerprint density at radius 1 is 1.25 bits per heavy atom. The molecular formula is C18H20N2O3S. The fourth-order valence-electron chi connectivity index (χ4n) is 3.12. The van der Waals surface area contributed by atoms with E-state index in [-0.39, 0.29) is 24.1 Å². The first kappa shape index (κ1) is 16.7. The normalized spacial score (nSPS) is 23.9. The van der Waals surface area contributed by atoms with E-state index in [4.69, 9.17) is 10.5 Å². The number of primary amides is 1. The zero-order chi connectivity index (χ0) is 17.3. The predicted molar refractivity (Wildman–Crippen MR) is 93.1 cm³/mol. The summed E-state index contributed by atoms with van der Waals surface area (Å²) < 4.78 is 5.98. The maximum atomic E-state index is 13.0. The van der Waals surface area contributed by atoms with Gasteiger partial charge in [-0.05, 0) is 25.5 Å². The van der Waals surface area contributed by atoms with E-state index in [0.717, 1.165) is 5.56 Å². The first-order chi connectivity index (χ1) is 11.5. The van der Waals surface area contributed by atoms with E-state index in [0.29, 0.717) is 17.0 Å². The van der Waals surface area contributed by atoms with Gasteiger partial charge in [0.25, 0.3) is 5.91 Å². The number of morpholine rings is 1. The summed E-state index contributed by atoms with van der Waals surface area (Å²) in [7, 11) is 0. The van der Waals surface area contributed by atoms with Gasteiger partial charge in [0.05, 0.1) is 29.1 Å². The van der Waals surface area contributed by atoms with E-state index >= 15 is 0 Å². The summed E-state index contributed by atoms with van der Waals surface area (Å²) in [6.45, 7) is 4.44. The summed E-state index contributed by atoms with van der Waals surface area (Å²) in [5.74, 6) is -0.604. The van der Waals surface area contributed by atoms with Crippen molar-refractivity contribution in [3.63, 3.8) is 0 Å². The molecule has 6 heteroatoms. The Morgan fingerprint density at radius 2 is 1.96 bits per heavy atom. The summed E-state index contributed by atoms with van der Waals surface area (Å²) in [4.78, 5) is 26.6. The number of nitrogens with two attached hydrogens (primary N) is 1. The van der Waals surface area contributed by atoms with Crippen molar-refractivity contribution >= 4 is 23.2 Å². The Labute approximate surface area is 145 Å². The second kappa shape index (κ2) is 6.75. The van der Waals surface area contributed by atoms with E-state index in [1.54, 1.807) is 11.4 Å². The van der Waals surface area contributed by atoms with Gasteiger partial charge in [0, 0.05) is 5.38 Å².